The van der Waals surface area contributed by atoms with Crippen molar-refractivity contribution in [3.05, 3.63) is 48.7 Å². The second-order valence-corrected chi connectivity index (χ2v) is 4.10. The summed E-state index contributed by atoms with van der Waals surface area (Å²) in [4.78, 5) is 15.4. The minimum absolute atomic E-state index is 0.0920. The number of carbonyl (C=O) groups is 1. The Morgan fingerprint density at radius 3 is 2.57 bits per heavy atom. The maximum absolute atomic E-state index is 11.3. The van der Waals surface area contributed by atoms with Gasteiger partial charge in [-0.15, -0.1) is 0 Å². The van der Waals surface area contributed by atoms with Crippen molar-refractivity contribution in [1.29, 1.82) is 0 Å². The van der Waals surface area contributed by atoms with Crippen LogP contribution >= 0.6 is 0 Å². The van der Waals surface area contributed by atoms with Gasteiger partial charge in [-0.05, 0) is 30.3 Å². The number of ether oxygens (including phenoxy) is 2. The molecule has 0 aliphatic carbocycles. The van der Waals surface area contributed by atoms with Gasteiger partial charge in [0.25, 0.3) is 5.91 Å². The minimum atomic E-state index is -0.280. The molecule has 1 aromatic heterocycles. The number of benzene rings is 1. The molecule has 0 bridgehead atoms. The number of hydrogen-bond donors (Lipinski definition) is 2. The SMILES string of the molecule is O=C(COc1ccc(Oc2ccccn2)cc1)NCCO. The van der Waals surface area contributed by atoms with E-state index in [0.717, 1.165) is 0 Å². The molecule has 1 heterocycles. The molecule has 21 heavy (non-hydrogen) atoms. The van der Waals surface area contributed by atoms with E-state index < -0.39 is 0 Å². The maximum atomic E-state index is 11.3. The zero-order valence-electron chi connectivity index (χ0n) is 11.4. The highest BCUT2D eigenvalue weighted by molar-refractivity contribution is 5.77. The van der Waals surface area contributed by atoms with Gasteiger partial charge in [0.2, 0.25) is 5.88 Å². The first-order valence-corrected chi connectivity index (χ1v) is 6.47. The van der Waals surface area contributed by atoms with Crippen LogP contribution in [0.2, 0.25) is 0 Å². The number of aromatic nitrogens is 1. The molecule has 0 saturated heterocycles. The quantitative estimate of drug-likeness (QED) is 0.804. The Hall–Kier alpha value is -2.60. The predicted octanol–water partition coefficient (Wildman–Crippen LogP) is 1.36. The summed E-state index contributed by atoms with van der Waals surface area (Å²) in [5.74, 6) is 1.42. The number of pyridine rings is 1. The van der Waals surface area contributed by atoms with Crippen LogP contribution in [-0.2, 0) is 4.79 Å². The van der Waals surface area contributed by atoms with Gasteiger partial charge >= 0.3 is 0 Å². The van der Waals surface area contributed by atoms with Crippen LogP contribution in [0.5, 0.6) is 17.4 Å². The average Bonchev–Trinajstić information content (AvgIpc) is 2.53. The normalized spacial score (nSPS) is 9.95. The summed E-state index contributed by atoms with van der Waals surface area (Å²) in [6, 6.07) is 12.3. The Kier molecular flexibility index (Phi) is 5.54. The lowest BCUT2D eigenvalue weighted by Crippen LogP contribution is -2.31. The smallest absolute Gasteiger partial charge is 0.258 e. The molecule has 1 aromatic carbocycles. The van der Waals surface area contributed by atoms with Crippen molar-refractivity contribution < 1.29 is 19.4 Å². The molecule has 0 aliphatic rings. The lowest BCUT2D eigenvalue weighted by Gasteiger charge is -2.08. The van der Waals surface area contributed by atoms with Gasteiger partial charge in [-0.25, -0.2) is 4.98 Å². The summed E-state index contributed by atoms with van der Waals surface area (Å²) >= 11 is 0. The van der Waals surface area contributed by atoms with Gasteiger partial charge in [-0.3, -0.25) is 4.79 Å². The average molecular weight is 288 g/mol. The number of amides is 1. The third kappa shape index (κ3) is 5.12. The third-order valence-corrected chi connectivity index (χ3v) is 2.49. The van der Waals surface area contributed by atoms with Gasteiger partial charge in [-0.1, -0.05) is 6.07 Å². The van der Waals surface area contributed by atoms with E-state index in [-0.39, 0.29) is 25.7 Å². The maximum Gasteiger partial charge on any atom is 0.258 e. The number of aliphatic hydroxyl groups excluding tert-OH is 1. The molecule has 0 atom stereocenters. The zero-order chi connectivity index (χ0) is 14.9. The first-order valence-electron chi connectivity index (χ1n) is 6.47. The van der Waals surface area contributed by atoms with Crippen LogP contribution in [0, 0.1) is 0 Å². The second-order valence-electron chi connectivity index (χ2n) is 4.10. The lowest BCUT2D eigenvalue weighted by molar-refractivity contribution is -0.123. The number of aliphatic hydroxyl groups is 1. The monoisotopic (exact) mass is 288 g/mol. The highest BCUT2D eigenvalue weighted by Crippen LogP contribution is 2.21. The Balaban J connectivity index is 1.83. The molecule has 110 valence electrons. The molecule has 0 unspecified atom stereocenters. The van der Waals surface area contributed by atoms with E-state index in [1.54, 1.807) is 36.5 Å². The van der Waals surface area contributed by atoms with Crippen molar-refractivity contribution in [2.24, 2.45) is 0 Å². The standard InChI is InChI=1S/C15H16N2O4/c18-10-9-16-14(19)11-20-12-4-6-13(7-5-12)21-15-3-1-2-8-17-15/h1-8,18H,9-11H2,(H,16,19). The van der Waals surface area contributed by atoms with Crippen LogP contribution in [0.3, 0.4) is 0 Å². The largest absolute Gasteiger partial charge is 0.484 e. The van der Waals surface area contributed by atoms with Gasteiger partial charge in [-0.2, -0.15) is 0 Å². The van der Waals surface area contributed by atoms with Crippen LogP contribution in [0.1, 0.15) is 0 Å². The molecule has 0 spiro atoms. The number of carbonyl (C=O) groups excluding carboxylic acids is 1. The van der Waals surface area contributed by atoms with E-state index in [1.165, 1.54) is 0 Å². The summed E-state index contributed by atoms with van der Waals surface area (Å²) in [7, 11) is 0. The van der Waals surface area contributed by atoms with Crippen LogP contribution in [0.25, 0.3) is 0 Å². The zero-order valence-corrected chi connectivity index (χ0v) is 11.4. The van der Waals surface area contributed by atoms with Gasteiger partial charge in [0.15, 0.2) is 6.61 Å². The van der Waals surface area contributed by atoms with Crippen molar-refractivity contribution in [3.8, 4) is 17.4 Å². The number of nitrogens with one attached hydrogen (secondary N) is 1. The fraction of sp³-hybridized carbons (Fsp3) is 0.200. The predicted molar refractivity (Wildman–Crippen MR) is 76.3 cm³/mol. The van der Waals surface area contributed by atoms with Gasteiger partial charge in [0.05, 0.1) is 6.61 Å². The van der Waals surface area contributed by atoms with Crippen LogP contribution in [-0.4, -0.2) is 35.8 Å². The summed E-state index contributed by atoms with van der Waals surface area (Å²) in [6.07, 6.45) is 1.65. The molecule has 6 heteroatoms. The van der Waals surface area contributed by atoms with Gasteiger partial charge in [0.1, 0.15) is 11.5 Å². The summed E-state index contributed by atoms with van der Waals surface area (Å²) in [5, 5.41) is 11.1. The van der Waals surface area contributed by atoms with Crippen molar-refractivity contribution in [1.82, 2.24) is 10.3 Å². The van der Waals surface area contributed by atoms with E-state index in [2.05, 4.69) is 10.3 Å². The van der Waals surface area contributed by atoms with Crippen molar-refractivity contribution >= 4 is 5.91 Å². The summed E-state index contributed by atoms with van der Waals surface area (Å²) in [6.45, 7) is 0.0325. The number of nitrogens with zero attached hydrogens (tertiary/aromatic N) is 1. The number of hydrogen-bond acceptors (Lipinski definition) is 5. The van der Waals surface area contributed by atoms with E-state index >= 15 is 0 Å². The Bertz CT molecular complexity index is 558. The Morgan fingerprint density at radius 2 is 1.90 bits per heavy atom. The van der Waals surface area contributed by atoms with Gasteiger partial charge in [0, 0.05) is 18.8 Å². The van der Waals surface area contributed by atoms with Crippen LogP contribution < -0.4 is 14.8 Å². The molecule has 2 N–H and O–H groups in total. The van der Waals surface area contributed by atoms with Crippen LogP contribution in [0.4, 0.5) is 0 Å². The molecule has 6 nitrogen and oxygen atoms in total. The minimum Gasteiger partial charge on any atom is -0.484 e. The molecular weight excluding hydrogens is 272 g/mol. The Morgan fingerprint density at radius 1 is 1.14 bits per heavy atom. The summed E-state index contributed by atoms with van der Waals surface area (Å²) in [5.41, 5.74) is 0. The molecule has 0 fully saturated rings. The summed E-state index contributed by atoms with van der Waals surface area (Å²) < 4.78 is 10.8. The van der Waals surface area contributed by atoms with Gasteiger partial charge < -0.3 is 19.9 Å². The second kappa shape index (κ2) is 7.86. The molecule has 2 aromatic rings. The topological polar surface area (TPSA) is 80.7 Å². The fourth-order valence-electron chi connectivity index (χ4n) is 1.53. The van der Waals surface area contributed by atoms with Crippen LogP contribution in [0.15, 0.2) is 48.7 Å². The third-order valence-electron chi connectivity index (χ3n) is 2.49. The van der Waals surface area contributed by atoms with Crippen molar-refractivity contribution in [3.63, 3.8) is 0 Å². The first-order chi connectivity index (χ1) is 10.3. The molecule has 0 saturated carbocycles. The highest BCUT2D eigenvalue weighted by atomic mass is 16.5. The fourth-order valence-corrected chi connectivity index (χ4v) is 1.53. The lowest BCUT2D eigenvalue weighted by atomic mass is 10.3. The van der Waals surface area contributed by atoms with E-state index in [0.29, 0.717) is 17.4 Å². The molecular formula is C15H16N2O4. The number of rotatable bonds is 7. The van der Waals surface area contributed by atoms with E-state index in [9.17, 15) is 4.79 Å². The molecule has 0 aliphatic heterocycles. The van der Waals surface area contributed by atoms with E-state index in [4.69, 9.17) is 14.6 Å². The highest BCUT2D eigenvalue weighted by Gasteiger charge is 2.03. The van der Waals surface area contributed by atoms with Crippen molar-refractivity contribution in [2.75, 3.05) is 19.8 Å². The van der Waals surface area contributed by atoms with Crippen molar-refractivity contribution in [2.45, 2.75) is 0 Å². The Labute approximate surface area is 122 Å². The molecule has 2 rings (SSSR count). The molecule has 1 amide bonds. The first kappa shape index (κ1) is 14.8. The van der Waals surface area contributed by atoms with E-state index in [1.807, 2.05) is 12.1 Å². The molecule has 0 radical (unpaired) electrons.